The molecule has 1 aromatic carbocycles. The zero-order valence-electron chi connectivity index (χ0n) is 10.7. The molecule has 0 saturated heterocycles. The topological polar surface area (TPSA) is 12.0 Å². The predicted octanol–water partition coefficient (Wildman–Crippen LogP) is 5.79. The molecule has 0 saturated carbocycles. The van der Waals surface area contributed by atoms with Gasteiger partial charge in [0, 0.05) is 21.7 Å². The Balaban J connectivity index is 2.34. The van der Waals surface area contributed by atoms with Gasteiger partial charge in [-0.3, -0.25) is 0 Å². The van der Waals surface area contributed by atoms with Crippen molar-refractivity contribution in [2.75, 3.05) is 11.9 Å². The highest BCUT2D eigenvalue weighted by molar-refractivity contribution is 9.10. The van der Waals surface area contributed by atoms with Gasteiger partial charge >= 0.3 is 0 Å². The zero-order chi connectivity index (χ0) is 12.7. The van der Waals surface area contributed by atoms with E-state index in [1.807, 2.05) is 13.0 Å². The summed E-state index contributed by atoms with van der Waals surface area (Å²) in [6.07, 6.45) is 6.51. The molecule has 96 valence electrons. The van der Waals surface area contributed by atoms with Crippen LogP contribution in [0.3, 0.4) is 0 Å². The van der Waals surface area contributed by atoms with E-state index in [-0.39, 0.29) is 0 Å². The van der Waals surface area contributed by atoms with Crippen LogP contribution in [0.15, 0.2) is 16.6 Å². The monoisotopic (exact) mass is 317 g/mol. The third-order valence-electron chi connectivity index (χ3n) is 2.84. The Bertz CT molecular complexity index is 352. The van der Waals surface area contributed by atoms with Gasteiger partial charge in [0.15, 0.2) is 0 Å². The van der Waals surface area contributed by atoms with Crippen LogP contribution in [-0.4, -0.2) is 6.54 Å². The van der Waals surface area contributed by atoms with Gasteiger partial charge in [-0.2, -0.15) is 0 Å². The lowest BCUT2D eigenvalue weighted by Crippen LogP contribution is -2.02. The second-order valence-electron chi connectivity index (χ2n) is 4.42. The summed E-state index contributed by atoms with van der Waals surface area (Å²) in [5.41, 5.74) is 2.20. The quantitative estimate of drug-likeness (QED) is 0.627. The fourth-order valence-electron chi connectivity index (χ4n) is 1.73. The third kappa shape index (κ3) is 5.31. The van der Waals surface area contributed by atoms with Gasteiger partial charge in [0.2, 0.25) is 0 Å². The number of hydrogen-bond donors (Lipinski definition) is 1. The van der Waals surface area contributed by atoms with E-state index < -0.39 is 0 Å². The molecule has 1 nitrogen and oxygen atoms in total. The molecule has 1 rings (SSSR count). The van der Waals surface area contributed by atoms with Crippen molar-refractivity contribution in [3.8, 4) is 0 Å². The normalized spacial score (nSPS) is 10.6. The minimum atomic E-state index is 0.821. The highest BCUT2D eigenvalue weighted by atomic mass is 79.9. The summed E-state index contributed by atoms with van der Waals surface area (Å²) in [7, 11) is 0. The van der Waals surface area contributed by atoms with E-state index in [9.17, 15) is 0 Å². The molecule has 3 heteroatoms. The zero-order valence-corrected chi connectivity index (χ0v) is 13.0. The maximum absolute atomic E-state index is 6.11. The average molecular weight is 319 g/mol. The van der Waals surface area contributed by atoms with Crippen LogP contribution in [0.2, 0.25) is 5.02 Å². The first kappa shape index (κ1) is 14.8. The molecule has 0 fully saturated rings. The summed E-state index contributed by atoms with van der Waals surface area (Å²) < 4.78 is 1.09. The van der Waals surface area contributed by atoms with E-state index >= 15 is 0 Å². The fraction of sp³-hybridized carbons (Fsp3) is 0.571. The van der Waals surface area contributed by atoms with E-state index in [1.54, 1.807) is 0 Å². The Morgan fingerprint density at radius 1 is 1.18 bits per heavy atom. The molecule has 0 amide bonds. The van der Waals surface area contributed by atoms with E-state index in [1.165, 1.54) is 32.1 Å². The van der Waals surface area contributed by atoms with Gasteiger partial charge in [-0.15, -0.1) is 0 Å². The number of hydrogen-bond acceptors (Lipinski definition) is 1. The largest absolute Gasteiger partial charge is 0.384 e. The molecule has 0 aliphatic heterocycles. The van der Waals surface area contributed by atoms with Crippen molar-refractivity contribution in [1.29, 1.82) is 0 Å². The lowest BCUT2D eigenvalue weighted by Gasteiger charge is -2.10. The maximum atomic E-state index is 6.11. The third-order valence-corrected chi connectivity index (χ3v) is 3.91. The first-order chi connectivity index (χ1) is 8.15. The molecule has 0 heterocycles. The van der Waals surface area contributed by atoms with E-state index in [2.05, 4.69) is 34.2 Å². The van der Waals surface area contributed by atoms with Crippen LogP contribution in [0.5, 0.6) is 0 Å². The Morgan fingerprint density at radius 3 is 2.59 bits per heavy atom. The molecule has 1 N–H and O–H groups in total. The summed E-state index contributed by atoms with van der Waals surface area (Å²) in [5, 5.41) is 4.25. The van der Waals surface area contributed by atoms with E-state index in [0.717, 1.165) is 27.3 Å². The van der Waals surface area contributed by atoms with Crippen LogP contribution in [0.1, 0.15) is 44.6 Å². The summed E-state index contributed by atoms with van der Waals surface area (Å²) >= 11 is 9.66. The summed E-state index contributed by atoms with van der Waals surface area (Å²) in [6.45, 7) is 5.27. The molecule has 0 aliphatic carbocycles. The predicted molar refractivity (Wildman–Crippen MR) is 81.1 cm³/mol. The van der Waals surface area contributed by atoms with E-state index in [4.69, 9.17) is 11.6 Å². The van der Waals surface area contributed by atoms with Gasteiger partial charge in [-0.1, -0.05) is 44.2 Å². The minimum Gasteiger partial charge on any atom is -0.384 e. The van der Waals surface area contributed by atoms with Gasteiger partial charge < -0.3 is 5.32 Å². The minimum absolute atomic E-state index is 0.821. The molecule has 0 atom stereocenters. The number of halogens is 2. The Hall–Kier alpha value is -0.210. The van der Waals surface area contributed by atoms with Crippen LogP contribution in [0.25, 0.3) is 0 Å². The number of aryl methyl sites for hydroxylation is 1. The second kappa shape index (κ2) is 7.99. The molecule has 0 aliphatic rings. The van der Waals surface area contributed by atoms with E-state index in [0.29, 0.717) is 0 Å². The SMILES string of the molecule is CCCCCCCNc1cc(Cl)c(C)cc1Br. The molecule has 0 radical (unpaired) electrons. The number of benzene rings is 1. The van der Waals surface area contributed by atoms with Crippen molar-refractivity contribution in [2.45, 2.75) is 46.0 Å². The van der Waals surface area contributed by atoms with Crippen LogP contribution < -0.4 is 5.32 Å². The average Bonchev–Trinajstić information content (AvgIpc) is 2.30. The number of nitrogens with one attached hydrogen (secondary N) is 1. The highest BCUT2D eigenvalue weighted by Crippen LogP contribution is 2.29. The molecular formula is C14H21BrClN. The van der Waals surface area contributed by atoms with Crippen molar-refractivity contribution in [1.82, 2.24) is 0 Å². The molecule has 0 aromatic heterocycles. The van der Waals surface area contributed by atoms with Gasteiger partial charge in [-0.25, -0.2) is 0 Å². The lowest BCUT2D eigenvalue weighted by atomic mass is 10.1. The Kier molecular flexibility index (Phi) is 6.98. The summed E-state index contributed by atoms with van der Waals surface area (Å²) in [4.78, 5) is 0. The summed E-state index contributed by atoms with van der Waals surface area (Å²) in [6, 6.07) is 4.05. The van der Waals surface area contributed by atoms with Gasteiger partial charge in [-0.05, 0) is 47.0 Å². The summed E-state index contributed by atoms with van der Waals surface area (Å²) in [5.74, 6) is 0. The van der Waals surface area contributed by atoms with Crippen molar-refractivity contribution >= 4 is 33.2 Å². The van der Waals surface area contributed by atoms with Crippen LogP contribution in [-0.2, 0) is 0 Å². The number of rotatable bonds is 7. The van der Waals surface area contributed by atoms with Gasteiger partial charge in [0.25, 0.3) is 0 Å². The van der Waals surface area contributed by atoms with Gasteiger partial charge in [0.1, 0.15) is 0 Å². The Morgan fingerprint density at radius 2 is 1.88 bits per heavy atom. The van der Waals surface area contributed by atoms with Crippen molar-refractivity contribution < 1.29 is 0 Å². The van der Waals surface area contributed by atoms with Crippen molar-refractivity contribution in [2.24, 2.45) is 0 Å². The Labute approximate surface area is 118 Å². The molecular weight excluding hydrogens is 298 g/mol. The van der Waals surface area contributed by atoms with Crippen LogP contribution in [0, 0.1) is 6.92 Å². The van der Waals surface area contributed by atoms with Crippen LogP contribution in [0.4, 0.5) is 5.69 Å². The first-order valence-corrected chi connectivity index (χ1v) is 7.51. The standard InChI is InChI=1S/C14H21BrClN/c1-3-4-5-6-7-8-17-14-10-13(16)11(2)9-12(14)15/h9-10,17H,3-8H2,1-2H3. The molecule has 0 bridgehead atoms. The fourth-order valence-corrected chi connectivity index (χ4v) is 2.50. The molecule has 0 spiro atoms. The first-order valence-electron chi connectivity index (χ1n) is 6.34. The van der Waals surface area contributed by atoms with Crippen LogP contribution >= 0.6 is 27.5 Å². The van der Waals surface area contributed by atoms with Crippen molar-refractivity contribution in [3.63, 3.8) is 0 Å². The lowest BCUT2D eigenvalue weighted by molar-refractivity contribution is 0.645. The maximum Gasteiger partial charge on any atom is 0.0499 e. The smallest absolute Gasteiger partial charge is 0.0499 e. The number of unbranched alkanes of at least 4 members (excludes halogenated alkanes) is 4. The highest BCUT2D eigenvalue weighted by Gasteiger charge is 2.03. The molecule has 0 unspecified atom stereocenters. The number of anilines is 1. The molecule has 17 heavy (non-hydrogen) atoms. The second-order valence-corrected chi connectivity index (χ2v) is 5.68. The van der Waals surface area contributed by atoms with Gasteiger partial charge in [0.05, 0.1) is 0 Å². The molecule has 1 aromatic rings. The van der Waals surface area contributed by atoms with Crippen molar-refractivity contribution in [3.05, 3.63) is 27.2 Å².